The molecule has 21 heavy (non-hydrogen) atoms. The van der Waals surface area contributed by atoms with Crippen molar-refractivity contribution < 1.29 is 9.59 Å². The molecule has 0 aromatic heterocycles. The fraction of sp³-hybridized carbons (Fsp3) is 0.875. The van der Waals surface area contributed by atoms with E-state index in [0.29, 0.717) is 13.0 Å². The lowest BCUT2D eigenvalue weighted by Crippen LogP contribution is -2.53. The number of piperazine rings is 1. The SMILES string of the molecule is CCC(=O)N1CCCC(C(=O)N2CCN(C3CC3)CC2)C1. The molecule has 118 valence electrons. The van der Waals surface area contributed by atoms with E-state index < -0.39 is 0 Å². The van der Waals surface area contributed by atoms with Crippen LogP contribution in [-0.2, 0) is 9.59 Å². The van der Waals surface area contributed by atoms with E-state index in [1.807, 2.05) is 16.7 Å². The topological polar surface area (TPSA) is 43.9 Å². The molecular formula is C16H27N3O2. The van der Waals surface area contributed by atoms with Crippen LogP contribution in [0.3, 0.4) is 0 Å². The van der Waals surface area contributed by atoms with E-state index in [0.717, 1.165) is 51.6 Å². The highest BCUT2D eigenvalue weighted by atomic mass is 16.2. The summed E-state index contributed by atoms with van der Waals surface area (Å²) in [5.41, 5.74) is 0. The first-order chi connectivity index (χ1) is 10.2. The van der Waals surface area contributed by atoms with Crippen molar-refractivity contribution in [2.45, 2.75) is 45.1 Å². The van der Waals surface area contributed by atoms with Gasteiger partial charge in [0.1, 0.15) is 0 Å². The number of hydrogen-bond donors (Lipinski definition) is 0. The van der Waals surface area contributed by atoms with Gasteiger partial charge in [-0.1, -0.05) is 6.92 Å². The third-order valence-corrected chi connectivity index (χ3v) is 5.11. The van der Waals surface area contributed by atoms with Gasteiger partial charge < -0.3 is 9.80 Å². The average Bonchev–Trinajstić information content (AvgIpc) is 3.38. The summed E-state index contributed by atoms with van der Waals surface area (Å²) in [6.45, 7) is 7.15. The van der Waals surface area contributed by atoms with Crippen LogP contribution in [0, 0.1) is 5.92 Å². The third kappa shape index (κ3) is 3.39. The lowest BCUT2D eigenvalue weighted by Gasteiger charge is -2.39. The van der Waals surface area contributed by atoms with Gasteiger partial charge in [0.25, 0.3) is 0 Å². The van der Waals surface area contributed by atoms with Crippen molar-refractivity contribution >= 4 is 11.8 Å². The molecule has 0 spiro atoms. The van der Waals surface area contributed by atoms with E-state index >= 15 is 0 Å². The molecule has 0 aromatic rings. The molecule has 2 aliphatic heterocycles. The van der Waals surface area contributed by atoms with Gasteiger partial charge in [0, 0.05) is 51.7 Å². The first-order valence-electron chi connectivity index (χ1n) is 8.49. The number of carbonyl (C=O) groups excluding carboxylic acids is 2. The van der Waals surface area contributed by atoms with Crippen LogP contribution in [0.2, 0.25) is 0 Å². The minimum atomic E-state index is 0.0294. The summed E-state index contributed by atoms with van der Waals surface area (Å²) in [4.78, 5) is 30.9. The Bertz CT molecular complexity index is 400. The molecule has 3 aliphatic rings. The van der Waals surface area contributed by atoms with Crippen molar-refractivity contribution in [3.63, 3.8) is 0 Å². The maximum Gasteiger partial charge on any atom is 0.227 e. The van der Waals surface area contributed by atoms with Crippen molar-refractivity contribution in [3.05, 3.63) is 0 Å². The van der Waals surface area contributed by atoms with E-state index in [9.17, 15) is 9.59 Å². The molecule has 2 amide bonds. The van der Waals surface area contributed by atoms with E-state index in [1.54, 1.807) is 0 Å². The van der Waals surface area contributed by atoms with Crippen molar-refractivity contribution in [1.29, 1.82) is 0 Å². The quantitative estimate of drug-likeness (QED) is 0.778. The van der Waals surface area contributed by atoms with Crippen LogP contribution in [0.25, 0.3) is 0 Å². The second kappa shape index (κ2) is 6.34. The van der Waals surface area contributed by atoms with Crippen LogP contribution in [-0.4, -0.2) is 71.8 Å². The van der Waals surface area contributed by atoms with Gasteiger partial charge in [-0.15, -0.1) is 0 Å². The Hall–Kier alpha value is -1.10. The zero-order valence-corrected chi connectivity index (χ0v) is 13.1. The number of hydrogen-bond acceptors (Lipinski definition) is 3. The Balaban J connectivity index is 1.51. The second-order valence-corrected chi connectivity index (χ2v) is 6.62. The molecule has 0 aromatic carbocycles. The second-order valence-electron chi connectivity index (χ2n) is 6.62. The number of nitrogens with zero attached hydrogens (tertiary/aromatic N) is 3. The van der Waals surface area contributed by atoms with Crippen LogP contribution in [0.4, 0.5) is 0 Å². The van der Waals surface area contributed by atoms with Gasteiger partial charge in [-0.05, 0) is 25.7 Å². The Morgan fingerprint density at radius 2 is 1.67 bits per heavy atom. The molecule has 5 nitrogen and oxygen atoms in total. The van der Waals surface area contributed by atoms with Crippen LogP contribution in [0.15, 0.2) is 0 Å². The highest BCUT2D eigenvalue weighted by Gasteiger charge is 2.35. The first kappa shape index (κ1) is 14.8. The molecule has 0 bridgehead atoms. The summed E-state index contributed by atoms with van der Waals surface area (Å²) in [6.07, 6.45) is 5.12. The predicted molar refractivity (Wildman–Crippen MR) is 80.8 cm³/mol. The summed E-state index contributed by atoms with van der Waals surface area (Å²) < 4.78 is 0. The summed E-state index contributed by atoms with van der Waals surface area (Å²) in [5.74, 6) is 0.492. The summed E-state index contributed by atoms with van der Waals surface area (Å²) in [5, 5.41) is 0. The molecule has 1 atom stereocenters. The van der Waals surface area contributed by atoms with Crippen LogP contribution < -0.4 is 0 Å². The Morgan fingerprint density at radius 1 is 0.952 bits per heavy atom. The molecule has 0 radical (unpaired) electrons. The minimum absolute atomic E-state index is 0.0294. The van der Waals surface area contributed by atoms with Crippen molar-refractivity contribution in [2.75, 3.05) is 39.3 Å². The molecule has 3 fully saturated rings. The maximum absolute atomic E-state index is 12.7. The summed E-state index contributed by atoms with van der Waals surface area (Å²) >= 11 is 0. The van der Waals surface area contributed by atoms with E-state index in [2.05, 4.69) is 4.90 Å². The molecule has 2 saturated heterocycles. The molecule has 2 heterocycles. The Morgan fingerprint density at radius 3 is 2.29 bits per heavy atom. The van der Waals surface area contributed by atoms with Gasteiger partial charge in [-0.2, -0.15) is 0 Å². The normalized spacial score (nSPS) is 27.8. The number of rotatable bonds is 3. The summed E-state index contributed by atoms with van der Waals surface area (Å²) in [6, 6.07) is 0.801. The average molecular weight is 293 g/mol. The van der Waals surface area contributed by atoms with E-state index in [-0.39, 0.29) is 17.7 Å². The van der Waals surface area contributed by atoms with Gasteiger partial charge in [0.15, 0.2) is 0 Å². The molecule has 1 aliphatic carbocycles. The first-order valence-corrected chi connectivity index (χ1v) is 8.49. The lowest BCUT2D eigenvalue weighted by molar-refractivity contribution is -0.142. The van der Waals surface area contributed by atoms with Crippen molar-refractivity contribution in [2.24, 2.45) is 5.92 Å². The maximum atomic E-state index is 12.7. The molecule has 1 unspecified atom stereocenters. The summed E-state index contributed by atoms with van der Waals surface area (Å²) in [7, 11) is 0. The fourth-order valence-electron chi connectivity index (χ4n) is 3.63. The number of amides is 2. The standard InChI is InChI=1S/C16H27N3O2/c1-2-15(20)19-7-3-4-13(12-19)16(21)18-10-8-17(9-11-18)14-5-6-14/h13-14H,2-12H2,1H3. The molecule has 1 saturated carbocycles. The van der Waals surface area contributed by atoms with Gasteiger partial charge in [-0.25, -0.2) is 0 Å². The van der Waals surface area contributed by atoms with E-state index in [1.165, 1.54) is 12.8 Å². The monoisotopic (exact) mass is 293 g/mol. The Labute approximate surface area is 127 Å². The number of likely N-dealkylation sites (tertiary alicyclic amines) is 1. The third-order valence-electron chi connectivity index (χ3n) is 5.11. The minimum Gasteiger partial charge on any atom is -0.342 e. The van der Waals surface area contributed by atoms with Gasteiger partial charge >= 0.3 is 0 Å². The smallest absolute Gasteiger partial charge is 0.227 e. The predicted octanol–water partition coefficient (Wildman–Crippen LogP) is 0.942. The Kier molecular flexibility index (Phi) is 4.48. The highest BCUT2D eigenvalue weighted by Crippen LogP contribution is 2.28. The van der Waals surface area contributed by atoms with E-state index in [4.69, 9.17) is 0 Å². The molecule has 5 heteroatoms. The molecule has 0 N–H and O–H groups in total. The van der Waals surface area contributed by atoms with Gasteiger partial charge in [0.05, 0.1) is 5.92 Å². The number of piperidine rings is 1. The zero-order chi connectivity index (χ0) is 14.8. The zero-order valence-electron chi connectivity index (χ0n) is 13.1. The van der Waals surface area contributed by atoms with Gasteiger partial charge in [0.2, 0.25) is 11.8 Å². The van der Waals surface area contributed by atoms with Crippen LogP contribution >= 0.6 is 0 Å². The number of carbonyl (C=O) groups is 2. The van der Waals surface area contributed by atoms with Gasteiger partial charge in [-0.3, -0.25) is 14.5 Å². The van der Waals surface area contributed by atoms with Crippen molar-refractivity contribution in [1.82, 2.24) is 14.7 Å². The van der Waals surface area contributed by atoms with Crippen molar-refractivity contribution in [3.8, 4) is 0 Å². The fourth-order valence-corrected chi connectivity index (χ4v) is 3.63. The lowest BCUT2D eigenvalue weighted by atomic mass is 9.96. The van der Waals surface area contributed by atoms with Crippen LogP contribution in [0.1, 0.15) is 39.0 Å². The molecule has 3 rings (SSSR count). The molecular weight excluding hydrogens is 266 g/mol. The largest absolute Gasteiger partial charge is 0.342 e. The van der Waals surface area contributed by atoms with Crippen LogP contribution in [0.5, 0.6) is 0 Å². The highest BCUT2D eigenvalue weighted by molar-refractivity contribution is 5.81.